The molecule has 0 spiro atoms. The summed E-state index contributed by atoms with van der Waals surface area (Å²) in [5, 5.41) is 1.92. The molecule has 0 fully saturated rings. The van der Waals surface area contributed by atoms with Crippen LogP contribution in [-0.2, 0) is 6.42 Å². The molecule has 0 aliphatic heterocycles. The molecule has 0 aliphatic rings. The largest absolute Gasteiger partial charge is 0.263 e. The molecule has 1 heterocycles. The van der Waals surface area contributed by atoms with Gasteiger partial charge in [0.05, 0.1) is 5.02 Å². The van der Waals surface area contributed by atoms with Crippen LogP contribution in [0.25, 0.3) is 0 Å². The molecule has 1 atom stereocenters. The smallest absolute Gasteiger partial charge is 0.0621 e. The van der Waals surface area contributed by atoms with Crippen molar-refractivity contribution in [3.63, 3.8) is 0 Å². The molecule has 18 heavy (non-hydrogen) atoms. The second kappa shape index (κ2) is 6.25. The molecule has 0 amide bonds. The van der Waals surface area contributed by atoms with Gasteiger partial charge in [-0.05, 0) is 41.8 Å². The summed E-state index contributed by atoms with van der Waals surface area (Å²) in [6.07, 6.45) is 4.12. The molecule has 5 heteroatoms. The van der Waals surface area contributed by atoms with Gasteiger partial charge in [-0.15, -0.1) is 0 Å². The predicted octanol–water partition coefficient (Wildman–Crippen LogP) is 5.72. The maximum Gasteiger partial charge on any atom is 0.0621 e. The van der Waals surface area contributed by atoms with Gasteiger partial charge in [0.25, 0.3) is 0 Å². The molecule has 0 radical (unpaired) electrons. The molecule has 0 saturated heterocycles. The van der Waals surface area contributed by atoms with Crippen molar-refractivity contribution >= 4 is 50.7 Å². The summed E-state index contributed by atoms with van der Waals surface area (Å²) in [6, 6.07) is 7.40. The number of rotatable bonds is 3. The number of halogens is 4. The first-order valence-corrected chi connectivity index (χ1v) is 7.29. The Morgan fingerprint density at radius 1 is 1.11 bits per heavy atom. The summed E-state index contributed by atoms with van der Waals surface area (Å²) in [5.74, 6) is 0. The molecular formula is C13H9BrCl3N. The van der Waals surface area contributed by atoms with Gasteiger partial charge in [-0.3, -0.25) is 4.98 Å². The van der Waals surface area contributed by atoms with Crippen LogP contribution in [0.4, 0.5) is 0 Å². The van der Waals surface area contributed by atoms with E-state index in [0.717, 1.165) is 17.5 Å². The van der Waals surface area contributed by atoms with Gasteiger partial charge in [-0.25, -0.2) is 0 Å². The molecule has 2 rings (SSSR count). The lowest BCUT2D eigenvalue weighted by molar-refractivity contribution is 0.945. The van der Waals surface area contributed by atoms with Crippen molar-refractivity contribution in [1.29, 1.82) is 0 Å². The van der Waals surface area contributed by atoms with Gasteiger partial charge < -0.3 is 0 Å². The number of nitrogens with zero attached hydrogens (tertiary/aromatic N) is 1. The average molecular weight is 365 g/mol. The quantitative estimate of drug-likeness (QED) is 0.634. The van der Waals surface area contributed by atoms with E-state index < -0.39 is 0 Å². The SMILES string of the molecule is Clc1cc(Cl)cc(C(Br)Cc2ccncc2Cl)c1. The zero-order chi connectivity index (χ0) is 13.1. The molecule has 1 aromatic carbocycles. The van der Waals surface area contributed by atoms with Crippen LogP contribution in [0.15, 0.2) is 36.7 Å². The lowest BCUT2D eigenvalue weighted by Crippen LogP contribution is -1.96. The number of hydrogen-bond acceptors (Lipinski definition) is 1. The molecule has 0 bridgehead atoms. The Hall–Kier alpha value is -0.280. The molecule has 94 valence electrons. The van der Waals surface area contributed by atoms with Crippen LogP contribution in [0.2, 0.25) is 15.1 Å². The third-order valence-corrected chi connectivity index (χ3v) is 4.13. The van der Waals surface area contributed by atoms with E-state index in [1.54, 1.807) is 18.5 Å². The van der Waals surface area contributed by atoms with E-state index in [4.69, 9.17) is 34.8 Å². The van der Waals surface area contributed by atoms with Crippen LogP contribution in [0.3, 0.4) is 0 Å². The standard InChI is InChI=1S/C13H9BrCl3N/c14-12(5-8-1-2-18-7-13(8)17)9-3-10(15)6-11(16)4-9/h1-4,6-7,12H,5H2. The van der Waals surface area contributed by atoms with Crippen LogP contribution in [0.5, 0.6) is 0 Å². The minimum absolute atomic E-state index is 0.105. The van der Waals surface area contributed by atoms with Gasteiger partial charge >= 0.3 is 0 Å². The summed E-state index contributed by atoms with van der Waals surface area (Å²) in [7, 11) is 0. The highest BCUT2D eigenvalue weighted by Crippen LogP contribution is 2.32. The zero-order valence-electron chi connectivity index (χ0n) is 9.21. The first kappa shape index (κ1) is 14.1. The Labute approximate surface area is 129 Å². The van der Waals surface area contributed by atoms with E-state index in [1.807, 2.05) is 18.2 Å². The first-order valence-electron chi connectivity index (χ1n) is 5.24. The molecule has 1 unspecified atom stereocenters. The molecule has 0 aliphatic carbocycles. The number of alkyl halides is 1. The van der Waals surface area contributed by atoms with Crippen LogP contribution >= 0.6 is 50.7 Å². The molecular weight excluding hydrogens is 356 g/mol. The van der Waals surface area contributed by atoms with Gasteiger partial charge in [0.1, 0.15) is 0 Å². The Kier molecular flexibility index (Phi) is 4.91. The van der Waals surface area contributed by atoms with Crippen molar-refractivity contribution < 1.29 is 0 Å². The highest BCUT2D eigenvalue weighted by Gasteiger charge is 2.12. The Morgan fingerprint density at radius 3 is 2.39 bits per heavy atom. The number of aromatic nitrogens is 1. The van der Waals surface area contributed by atoms with Gasteiger partial charge in [-0.1, -0.05) is 50.7 Å². The Bertz CT molecular complexity index is 539. The second-order valence-corrected chi connectivity index (χ2v) is 6.23. The van der Waals surface area contributed by atoms with Crippen LogP contribution in [0.1, 0.15) is 16.0 Å². The fraction of sp³-hybridized carbons (Fsp3) is 0.154. The van der Waals surface area contributed by atoms with E-state index in [1.165, 1.54) is 0 Å². The minimum atomic E-state index is 0.105. The minimum Gasteiger partial charge on any atom is -0.263 e. The molecule has 2 aromatic rings. The highest BCUT2D eigenvalue weighted by molar-refractivity contribution is 9.09. The van der Waals surface area contributed by atoms with Crippen molar-refractivity contribution in [1.82, 2.24) is 4.98 Å². The van der Waals surface area contributed by atoms with Gasteiger partial charge in [0.2, 0.25) is 0 Å². The highest BCUT2D eigenvalue weighted by atomic mass is 79.9. The second-order valence-electron chi connectivity index (χ2n) is 3.84. The predicted molar refractivity (Wildman–Crippen MR) is 81.1 cm³/mol. The zero-order valence-corrected chi connectivity index (χ0v) is 13.1. The Morgan fingerprint density at radius 2 is 1.78 bits per heavy atom. The number of pyridine rings is 1. The number of benzene rings is 1. The maximum atomic E-state index is 6.08. The summed E-state index contributed by atoms with van der Waals surface area (Å²) in [5.41, 5.74) is 2.06. The summed E-state index contributed by atoms with van der Waals surface area (Å²) < 4.78 is 0. The van der Waals surface area contributed by atoms with Crippen LogP contribution < -0.4 is 0 Å². The topological polar surface area (TPSA) is 12.9 Å². The van der Waals surface area contributed by atoms with Crippen molar-refractivity contribution in [2.45, 2.75) is 11.2 Å². The van der Waals surface area contributed by atoms with Crippen LogP contribution in [0, 0.1) is 0 Å². The normalized spacial score (nSPS) is 12.4. The van der Waals surface area contributed by atoms with Crippen molar-refractivity contribution in [3.8, 4) is 0 Å². The van der Waals surface area contributed by atoms with Gasteiger partial charge in [-0.2, -0.15) is 0 Å². The van der Waals surface area contributed by atoms with E-state index >= 15 is 0 Å². The van der Waals surface area contributed by atoms with Gasteiger partial charge in [0, 0.05) is 27.3 Å². The van der Waals surface area contributed by atoms with Crippen molar-refractivity contribution in [2.24, 2.45) is 0 Å². The molecule has 1 nitrogen and oxygen atoms in total. The lowest BCUT2D eigenvalue weighted by Gasteiger charge is -2.12. The summed E-state index contributed by atoms with van der Waals surface area (Å²) in [6.45, 7) is 0. The van der Waals surface area contributed by atoms with Crippen molar-refractivity contribution in [2.75, 3.05) is 0 Å². The number of hydrogen-bond donors (Lipinski definition) is 0. The monoisotopic (exact) mass is 363 g/mol. The van der Waals surface area contributed by atoms with E-state index in [2.05, 4.69) is 20.9 Å². The summed E-state index contributed by atoms with van der Waals surface area (Å²) in [4.78, 5) is 4.07. The third-order valence-electron chi connectivity index (χ3n) is 2.50. The van der Waals surface area contributed by atoms with E-state index in [-0.39, 0.29) is 4.83 Å². The average Bonchev–Trinajstić information content (AvgIpc) is 2.31. The fourth-order valence-corrected chi connectivity index (χ4v) is 2.99. The molecule has 1 aromatic heterocycles. The molecule has 0 saturated carbocycles. The molecule has 0 N–H and O–H groups in total. The van der Waals surface area contributed by atoms with Gasteiger partial charge in [0.15, 0.2) is 0 Å². The van der Waals surface area contributed by atoms with E-state index in [0.29, 0.717) is 15.1 Å². The maximum absolute atomic E-state index is 6.08. The lowest BCUT2D eigenvalue weighted by atomic mass is 10.1. The fourth-order valence-electron chi connectivity index (χ4n) is 1.64. The third kappa shape index (κ3) is 3.61. The Balaban J connectivity index is 2.22. The summed E-state index contributed by atoms with van der Waals surface area (Å²) >= 11 is 21.7. The van der Waals surface area contributed by atoms with Crippen LogP contribution in [-0.4, -0.2) is 4.98 Å². The first-order chi connectivity index (χ1) is 8.56. The van der Waals surface area contributed by atoms with E-state index in [9.17, 15) is 0 Å². The van der Waals surface area contributed by atoms with Crippen molar-refractivity contribution in [3.05, 3.63) is 62.9 Å².